The second-order valence-corrected chi connectivity index (χ2v) is 5.50. The summed E-state index contributed by atoms with van der Waals surface area (Å²) in [5, 5.41) is 0.747. The van der Waals surface area contributed by atoms with Gasteiger partial charge in [-0.3, -0.25) is 0 Å². The zero-order valence-corrected chi connectivity index (χ0v) is 11.1. The first-order chi connectivity index (χ1) is 8.74. The van der Waals surface area contributed by atoms with E-state index in [2.05, 4.69) is 0 Å². The van der Waals surface area contributed by atoms with Crippen molar-refractivity contribution in [2.45, 2.75) is 37.8 Å². The van der Waals surface area contributed by atoms with Crippen LogP contribution in [0.1, 0.15) is 36.4 Å². The third kappa shape index (κ3) is 2.35. The molecule has 1 aromatic rings. The highest BCUT2D eigenvalue weighted by Crippen LogP contribution is 2.37. The van der Waals surface area contributed by atoms with Gasteiger partial charge in [0.1, 0.15) is 5.75 Å². The molecule has 2 N–H and O–H groups in total. The average Bonchev–Trinajstić information content (AvgIpc) is 2.97. The fourth-order valence-corrected chi connectivity index (χ4v) is 3.06. The van der Waals surface area contributed by atoms with Crippen molar-refractivity contribution in [3.8, 4) is 5.75 Å². The predicted molar refractivity (Wildman–Crippen MR) is 71.2 cm³/mol. The number of rotatable bonds is 3. The Bertz CT molecular complexity index is 444. The molecule has 2 aliphatic rings. The van der Waals surface area contributed by atoms with Gasteiger partial charge >= 0.3 is 0 Å². The van der Waals surface area contributed by atoms with Crippen LogP contribution in [0.3, 0.4) is 0 Å². The molecule has 1 aromatic carbocycles. The monoisotopic (exact) mass is 267 g/mol. The summed E-state index contributed by atoms with van der Waals surface area (Å²) in [6.45, 7) is 1.59. The topological polar surface area (TPSA) is 44.5 Å². The standard InChI is InChI=1S/C14H18ClNO2/c15-10-6-9-3-5-18-14(9)12(7-10)13(16)8-11-2-1-4-17-11/h6-7,11,13H,1-5,8,16H2. The number of hydrogen-bond donors (Lipinski definition) is 1. The molecule has 2 unspecified atom stereocenters. The Hall–Kier alpha value is -0.770. The lowest BCUT2D eigenvalue weighted by Crippen LogP contribution is -2.19. The summed E-state index contributed by atoms with van der Waals surface area (Å²) >= 11 is 6.15. The zero-order chi connectivity index (χ0) is 12.5. The van der Waals surface area contributed by atoms with Gasteiger partial charge in [-0.1, -0.05) is 11.6 Å². The number of ether oxygens (including phenoxy) is 2. The van der Waals surface area contributed by atoms with Gasteiger partial charge < -0.3 is 15.2 Å². The Morgan fingerprint density at radius 3 is 3.06 bits per heavy atom. The molecule has 0 saturated carbocycles. The van der Waals surface area contributed by atoms with Crippen LogP contribution in [-0.4, -0.2) is 19.3 Å². The smallest absolute Gasteiger partial charge is 0.127 e. The second kappa shape index (κ2) is 5.08. The average molecular weight is 268 g/mol. The van der Waals surface area contributed by atoms with Gasteiger partial charge in [-0.15, -0.1) is 0 Å². The first-order valence-electron chi connectivity index (χ1n) is 6.56. The predicted octanol–water partition coefficient (Wildman–Crippen LogP) is 2.84. The van der Waals surface area contributed by atoms with Crippen LogP contribution >= 0.6 is 11.6 Å². The Morgan fingerprint density at radius 1 is 1.39 bits per heavy atom. The molecule has 98 valence electrons. The first kappa shape index (κ1) is 12.3. The summed E-state index contributed by atoms with van der Waals surface area (Å²) < 4.78 is 11.3. The maximum absolute atomic E-state index is 6.30. The molecule has 0 spiro atoms. The van der Waals surface area contributed by atoms with Gasteiger partial charge in [-0.05, 0) is 37.0 Å². The fourth-order valence-electron chi connectivity index (χ4n) is 2.81. The highest BCUT2D eigenvalue weighted by atomic mass is 35.5. The van der Waals surface area contributed by atoms with Gasteiger partial charge in [0.05, 0.1) is 12.7 Å². The van der Waals surface area contributed by atoms with Gasteiger partial charge in [-0.2, -0.15) is 0 Å². The van der Waals surface area contributed by atoms with Crippen LogP contribution in [0.4, 0.5) is 0 Å². The highest BCUT2D eigenvalue weighted by Gasteiger charge is 2.25. The minimum atomic E-state index is -0.0568. The number of hydrogen-bond acceptors (Lipinski definition) is 3. The van der Waals surface area contributed by atoms with Crippen LogP contribution in [0.25, 0.3) is 0 Å². The van der Waals surface area contributed by atoms with E-state index in [9.17, 15) is 0 Å². The van der Waals surface area contributed by atoms with Crippen molar-refractivity contribution < 1.29 is 9.47 Å². The van der Waals surface area contributed by atoms with Crippen LogP contribution in [0.15, 0.2) is 12.1 Å². The Kier molecular flexibility index (Phi) is 3.46. The minimum Gasteiger partial charge on any atom is -0.493 e. The van der Waals surface area contributed by atoms with Crippen molar-refractivity contribution in [2.75, 3.05) is 13.2 Å². The van der Waals surface area contributed by atoms with E-state index in [0.717, 1.165) is 55.2 Å². The summed E-state index contributed by atoms with van der Waals surface area (Å²) in [5.74, 6) is 0.949. The number of benzene rings is 1. The Morgan fingerprint density at radius 2 is 2.28 bits per heavy atom. The molecule has 0 amide bonds. The first-order valence-corrected chi connectivity index (χ1v) is 6.94. The Labute approximate surface area is 112 Å². The fraction of sp³-hybridized carbons (Fsp3) is 0.571. The quantitative estimate of drug-likeness (QED) is 0.916. The number of halogens is 1. The summed E-state index contributed by atoms with van der Waals surface area (Å²) in [7, 11) is 0. The molecule has 2 atom stereocenters. The van der Waals surface area contributed by atoms with E-state index in [4.69, 9.17) is 26.8 Å². The van der Waals surface area contributed by atoms with E-state index >= 15 is 0 Å². The van der Waals surface area contributed by atoms with Crippen LogP contribution < -0.4 is 10.5 Å². The molecule has 1 saturated heterocycles. The van der Waals surface area contributed by atoms with E-state index in [-0.39, 0.29) is 12.1 Å². The lowest BCUT2D eigenvalue weighted by atomic mass is 9.97. The third-order valence-electron chi connectivity index (χ3n) is 3.72. The lowest BCUT2D eigenvalue weighted by molar-refractivity contribution is 0.0981. The van der Waals surface area contributed by atoms with Gasteiger partial charge in [0.15, 0.2) is 0 Å². The van der Waals surface area contributed by atoms with Crippen LogP contribution in [0.5, 0.6) is 5.75 Å². The minimum absolute atomic E-state index is 0.0568. The Balaban J connectivity index is 1.82. The maximum atomic E-state index is 6.30. The molecule has 0 bridgehead atoms. The summed E-state index contributed by atoms with van der Waals surface area (Å²) in [4.78, 5) is 0. The number of nitrogens with two attached hydrogens (primary N) is 1. The number of fused-ring (bicyclic) bond motifs is 1. The largest absolute Gasteiger partial charge is 0.493 e. The SMILES string of the molecule is NC(CC1CCCO1)c1cc(Cl)cc2c1OCC2. The molecule has 18 heavy (non-hydrogen) atoms. The maximum Gasteiger partial charge on any atom is 0.127 e. The normalized spacial score (nSPS) is 23.8. The van der Waals surface area contributed by atoms with Crippen LogP contribution in [-0.2, 0) is 11.2 Å². The van der Waals surface area contributed by atoms with Crippen molar-refractivity contribution in [2.24, 2.45) is 5.73 Å². The van der Waals surface area contributed by atoms with E-state index in [1.54, 1.807) is 0 Å². The molecule has 0 radical (unpaired) electrons. The molecule has 1 fully saturated rings. The molecule has 3 rings (SSSR count). The van der Waals surface area contributed by atoms with E-state index < -0.39 is 0 Å². The second-order valence-electron chi connectivity index (χ2n) is 5.06. The van der Waals surface area contributed by atoms with Crippen LogP contribution in [0, 0.1) is 0 Å². The zero-order valence-electron chi connectivity index (χ0n) is 10.3. The van der Waals surface area contributed by atoms with Crippen molar-refractivity contribution >= 4 is 11.6 Å². The van der Waals surface area contributed by atoms with E-state index in [1.807, 2.05) is 12.1 Å². The van der Waals surface area contributed by atoms with Crippen LogP contribution in [0.2, 0.25) is 5.02 Å². The molecule has 2 aliphatic heterocycles. The molecule has 4 heteroatoms. The van der Waals surface area contributed by atoms with Crippen molar-refractivity contribution in [1.82, 2.24) is 0 Å². The summed E-state index contributed by atoms with van der Waals surface area (Å²) in [6.07, 6.45) is 4.31. The lowest BCUT2D eigenvalue weighted by Gasteiger charge is -2.19. The van der Waals surface area contributed by atoms with Gasteiger partial charge in [0.2, 0.25) is 0 Å². The summed E-state index contributed by atoms with van der Waals surface area (Å²) in [6, 6.07) is 3.86. The van der Waals surface area contributed by atoms with Gasteiger partial charge in [0.25, 0.3) is 0 Å². The summed E-state index contributed by atoms with van der Waals surface area (Å²) in [5.41, 5.74) is 8.51. The molecular formula is C14H18ClNO2. The highest BCUT2D eigenvalue weighted by molar-refractivity contribution is 6.30. The third-order valence-corrected chi connectivity index (χ3v) is 3.94. The molecular weight excluding hydrogens is 250 g/mol. The molecule has 0 aromatic heterocycles. The van der Waals surface area contributed by atoms with E-state index in [0.29, 0.717) is 0 Å². The van der Waals surface area contributed by atoms with E-state index in [1.165, 1.54) is 5.56 Å². The molecule has 0 aliphatic carbocycles. The van der Waals surface area contributed by atoms with Gasteiger partial charge in [0, 0.05) is 29.7 Å². The van der Waals surface area contributed by atoms with Crippen molar-refractivity contribution in [3.63, 3.8) is 0 Å². The molecule has 2 heterocycles. The molecule has 3 nitrogen and oxygen atoms in total. The van der Waals surface area contributed by atoms with Gasteiger partial charge in [-0.25, -0.2) is 0 Å². The van der Waals surface area contributed by atoms with Crippen molar-refractivity contribution in [3.05, 3.63) is 28.3 Å². The van der Waals surface area contributed by atoms with Crippen molar-refractivity contribution in [1.29, 1.82) is 0 Å².